The van der Waals surface area contributed by atoms with Crippen LogP contribution in [0.5, 0.6) is 0 Å². The predicted octanol–water partition coefficient (Wildman–Crippen LogP) is -0.242. The molecule has 0 atom stereocenters. The Balaban J connectivity index is 3.17. The Morgan fingerprint density at radius 2 is 2.12 bits per heavy atom. The summed E-state index contributed by atoms with van der Waals surface area (Å²) in [5.41, 5.74) is 5.64. The second kappa shape index (κ2) is 4.71. The molecule has 0 aliphatic rings. The van der Waals surface area contributed by atoms with Crippen molar-refractivity contribution in [3.8, 4) is 6.07 Å². The van der Waals surface area contributed by atoms with Gasteiger partial charge in [0.05, 0.1) is 17.3 Å². The molecule has 0 aliphatic carbocycles. The summed E-state index contributed by atoms with van der Waals surface area (Å²) in [7, 11) is -2.74. The molecular formula is C9H10N4O3S. The molecule has 0 saturated carbocycles. The molecule has 0 aromatic heterocycles. The van der Waals surface area contributed by atoms with E-state index in [0.29, 0.717) is 0 Å². The molecule has 17 heavy (non-hydrogen) atoms. The number of nitrogen functional groups attached to an aromatic ring is 1. The lowest BCUT2D eigenvalue weighted by Gasteiger charge is -2.08. The van der Waals surface area contributed by atoms with E-state index in [0.717, 1.165) is 0 Å². The summed E-state index contributed by atoms with van der Waals surface area (Å²) in [6.45, 7) is 0. The van der Waals surface area contributed by atoms with Crippen LogP contribution in [0.25, 0.3) is 0 Å². The normalized spacial score (nSPS) is 10.4. The van der Waals surface area contributed by atoms with Crippen LogP contribution in [0.4, 0.5) is 10.5 Å². The van der Waals surface area contributed by atoms with Crippen LogP contribution in [0.15, 0.2) is 23.1 Å². The Labute approximate surface area is 98.3 Å². The molecule has 4 N–H and O–H groups in total. The van der Waals surface area contributed by atoms with E-state index in [2.05, 4.69) is 5.32 Å². The van der Waals surface area contributed by atoms with Crippen LogP contribution in [0, 0.1) is 11.3 Å². The number of sulfonamides is 1. The highest BCUT2D eigenvalue weighted by Crippen LogP contribution is 2.19. The van der Waals surface area contributed by atoms with E-state index in [1.807, 2.05) is 6.07 Å². The predicted molar refractivity (Wildman–Crippen MR) is 60.3 cm³/mol. The van der Waals surface area contributed by atoms with Crippen LogP contribution in [0.1, 0.15) is 5.56 Å². The van der Waals surface area contributed by atoms with Crippen LogP contribution in [0.3, 0.4) is 0 Å². The third kappa shape index (κ3) is 2.85. The van der Waals surface area contributed by atoms with Crippen LogP contribution in [-0.4, -0.2) is 21.5 Å². The van der Waals surface area contributed by atoms with Crippen LogP contribution < -0.4 is 15.8 Å². The van der Waals surface area contributed by atoms with Crippen molar-refractivity contribution in [3.63, 3.8) is 0 Å². The largest absolute Gasteiger partial charge is 0.398 e. The first-order valence-corrected chi connectivity index (χ1v) is 5.93. The molecule has 0 saturated heterocycles. The molecule has 8 heteroatoms. The first-order valence-electron chi connectivity index (χ1n) is 4.45. The van der Waals surface area contributed by atoms with Gasteiger partial charge in [-0.25, -0.2) is 17.9 Å². The maximum atomic E-state index is 11.7. The standard InChI is InChI=1S/C9H10N4O3S/c1-12-9(14)13-17(15,16)8-3-2-6(5-10)4-7(8)11/h2-4H,11H2,1H3,(H2,12,13,14). The molecule has 1 aromatic carbocycles. The molecule has 0 bridgehead atoms. The van der Waals surface area contributed by atoms with Gasteiger partial charge in [-0.05, 0) is 18.2 Å². The van der Waals surface area contributed by atoms with E-state index in [4.69, 9.17) is 11.0 Å². The van der Waals surface area contributed by atoms with Crippen molar-refractivity contribution < 1.29 is 13.2 Å². The lowest BCUT2D eigenvalue weighted by molar-refractivity contribution is 0.248. The smallest absolute Gasteiger partial charge is 0.328 e. The number of rotatable bonds is 2. The number of hydrogen-bond acceptors (Lipinski definition) is 5. The minimum Gasteiger partial charge on any atom is -0.398 e. The molecule has 0 unspecified atom stereocenters. The van der Waals surface area contributed by atoms with Crippen molar-refractivity contribution in [2.24, 2.45) is 0 Å². The zero-order valence-corrected chi connectivity index (χ0v) is 9.71. The number of amides is 2. The highest BCUT2D eigenvalue weighted by atomic mass is 32.2. The van der Waals surface area contributed by atoms with Crippen molar-refractivity contribution in [2.45, 2.75) is 4.90 Å². The summed E-state index contributed by atoms with van der Waals surface area (Å²) < 4.78 is 25.1. The quantitative estimate of drug-likeness (QED) is 0.628. The number of carbonyl (C=O) groups is 1. The fraction of sp³-hybridized carbons (Fsp3) is 0.111. The Hall–Kier alpha value is -2.27. The average molecular weight is 254 g/mol. The number of urea groups is 1. The van der Waals surface area contributed by atoms with Gasteiger partial charge in [0.2, 0.25) is 0 Å². The van der Waals surface area contributed by atoms with Crippen molar-refractivity contribution >= 4 is 21.7 Å². The number of anilines is 1. The molecule has 90 valence electrons. The Morgan fingerprint density at radius 1 is 1.47 bits per heavy atom. The number of nitrogens with two attached hydrogens (primary N) is 1. The van der Waals surface area contributed by atoms with Gasteiger partial charge in [-0.1, -0.05) is 0 Å². The third-order valence-electron chi connectivity index (χ3n) is 1.88. The molecule has 1 rings (SSSR count). The van der Waals surface area contributed by atoms with E-state index in [1.165, 1.54) is 25.2 Å². The summed E-state index contributed by atoms with van der Waals surface area (Å²) in [6.07, 6.45) is 0. The van der Waals surface area contributed by atoms with Crippen molar-refractivity contribution in [1.82, 2.24) is 10.0 Å². The molecule has 0 aliphatic heterocycles. The van der Waals surface area contributed by atoms with Gasteiger partial charge in [-0.15, -0.1) is 0 Å². The molecule has 1 aromatic rings. The van der Waals surface area contributed by atoms with Gasteiger partial charge in [-0.3, -0.25) is 0 Å². The Kier molecular flexibility index (Phi) is 3.55. The first kappa shape index (κ1) is 12.8. The van der Waals surface area contributed by atoms with Gasteiger partial charge in [0.15, 0.2) is 0 Å². The van der Waals surface area contributed by atoms with Gasteiger partial charge in [-0.2, -0.15) is 5.26 Å². The molecule has 0 radical (unpaired) electrons. The van der Waals surface area contributed by atoms with Crippen LogP contribution >= 0.6 is 0 Å². The maximum Gasteiger partial charge on any atom is 0.328 e. The van der Waals surface area contributed by atoms with Gasteiger partial charge in [0.25, 0.3) is 10.0 Å². The number of nitriles is 1. The molecule has 0 spiro atoms. The van der Waals surface area contributed by atoms with Crippen molar-refractivity contribution in [2.75, 3.05) is 12.8 Å². The number of carbonyl (C=O) groups excluding carboxylic acids is 1. The lowest BCUT2D eigenvalue weighted by Crippen LogP contribution is -2.37. The highest BCUT2D eigenvalue weighted by molar-refractivity contribution is 7.90. The number of benzene rings is 1. The average Bonchev–Trinajstić information content (AvgIpc) is 2.27. The molecule has 2 amide bonds. The van der Waals surface area contributed by atoms with E-state index >= 15 is 0 Å². The Bertz CT molecular complexity index is 589. The van der Waals surface area contributed by atoms with Crippen LogP contribution in [0.2, 0.25) is 0 Å². The minimum atomic E-state index is -4.02. The monoisotopic (exact) mass is 254 g/mol. The highest BCUT2D eigenvalue weighted by Gasteiger charge is 2.19. The third-order valence-corrected chi connectivity index (χ3v) is 3.29. The summed E-state index contributed by atoms with van der Waals surface area (Å²) in [4.78, 5) is 10.7. The fourth-order valence-corrected chi connectivity index (χ4v) is 2.16. The fourth-order valence-electron chi connectivity index (χ4n) is 1.09. The van der Waals surface area contributed by atoms with Crippen molar-refractivity contribution in [1.29, 1.82) is 5.26 Å². The molecular weight excluding hydrogens is 244 g/mol. The van der Waals surface area contributed by atoms with E-state index in [1.54, 1.807) is 4.72 Å². The zero-order valence-electron chi connectivity index (χ0n) is 8.89. The number of nitrogens with zero attached hydrogens (tertiary/aromatic N) is 1. The zero-order chi connectivity index (χ0) is 13.1. The van der Waals surface area contributed by atoms with Gasteiger partial charge in [0, 0.05) is 7.05 Å². The maximum absolute atomic E-state index is 11.7. The van der Waals surface area contributed by atoms with Gasteiger partial charge >= 0.3 is 6.03 Å². The number of hydrogen-bond donors (Lipinski definition) is 3. The van der Waals surface area contributed by atoms with Crippen molar-refractivity contribution in [3.05, 3.63) is 23.8 Å². The molecule has 0 fully saturated rings. The second-order valence-corrected chi connectivity index (χ2v) is 4.70. The summed E-state index contributed by atoms with van der Waals surface area (Å²) in [5, 5.41) is 10.7. The summed E-state index contributed by atoms with van der Waals surface area (Å²) >= 11 is 0. The number of nitrogens with one attached hydrogen (secondary N) is 2. The minimum absolute atomic E-state index is 0.0968. The topological polar surface area (TPSA) is 125 Å². The lowest BCUT2D eigenvalue weighted by atomic mass is 10.2. The van der Waals surface area contributed by atoms with E-state index < -0.39 is 16.1 Å². The summed E-state index contributed by atoms with van der Waals surface area (Å²) in [5.74, 6) is 0. The second-order valence-electron chi connectivity index (χ2n) is 3.05. The van der Waals surface area contributed by atoms with E-state index in [9.17, 15) is 13.2 Å². The summed E-state index contributed by atoms with van der Waals surface area (Å²) in [6, 6.07) is 4.64. The Morgan fingerprint density at radius 3 is 2.59 bits per heavy atom. The molecule has 0 heterocycles. The van der Waals surface area contributed by atoms with E-state index in [-0.39, 0.29) is 16.1 Å². The SMILES string of the molecule is CNC(=O)NS(=O)(=O)c1ccc(C#N)cc1N. The molecule has 7 nitrogen and oxygen atoms in total. The van der Waals surface area contributed by atoms with Gasteiger partial charge < -0.3 is 11.1 Å². The van der Waals surface area contributed by atoms with Crippen LogP contribution in [-0.2, 0) is 10.0 Å². The first-order chi connectivity index (χ1) is 7.90. The van der Waals surface area contributed by atoms with Gasteiger partial charge in [0.1, 0.15) is 4.90 Å².